The minimum absolute atomic E-state index is 0.0467. The molecule has 1 saturated carbocycles. The number of anilines is 1. The fourth-order valence-corrected chi connectivity index (χ4v) is 3.34. The highest BCUT2D eigenvalue weighted by molar-refractivity contribution is 5.94. The smallest absolute Gasteiger partial charge is 0.251 e. The summed E-state index contributed by atoms with van der Waals surface area (Å²) in [4.78, 5) is 11.2. The van der Waals surface area contributed by atoms with E-state index < -0.39 is 11.7 Å². The van der Waals surface area contributed by atoms with Gasteiger partial charge >= 0.3 is 0 Å². The van der Waals surface area contributed by atoms with Gasteiger partial charge in [0.2, 0.25) is 0 Å². The standard InChI is InChI=1S/C17H25FN2O/c1-11(2)8-12-4-3-5-13(9-12)20-14-6-7-16(18)15(10-14)17(19)21/h6-7,10-13,20H,3-5,8-9H2,1-2H3,(H2,19,21). The van der Waals surface area contributed by atoms with Crippen molar-refractivity contribution in [3.05, 3.63) is 29.6 Å². The van der Waals surface area contributed by atoms with Crippen molar-refractivity contribution >= 4 is 11.6 Å². The molecule has 2 rings (SSSR count). The van der Waals surface area contributed by atoms with Gasteiger partial charge in [0.25, 0.3) is 5.91 Å². The van der Waals surface area contributed by atoms with Gasteiger partial charge in [-0.2, -0.15) is 0 Å². The lowest BCUT2D eigenvalue weighted by Crippen LogP contribution is -2.28. The fraction of sp³-hybridized carbons (Fsp3) is 0.588. The van der Waals surface area contributed by atoms with Crippen molar-refractivity contribution in [2.75, 3.05) is 5.32 Å². The van der Waals surface area contributed by atoms with Crippen LogP contribution in [-0.2, 0) is 0 Å². The van der Waals surface area contributed by atoms with E-state index in [1.807, 2.05) is 0 Å². The zero-order valence-corrected chi connectivity index (χ0v) is 12.9. The first kappa shape index (κ1) is 15.8. The fourth-order valence-electron chi connectivity index (χ4n) is 3.34. The maximum atomic E-state index is 13.5. The molecule has 1 aromatic rings. The molecule has 0 aromatic heterocycles. The van der Waals surface area contributed by atoms with E-state index in [0.717, 1.165) is 30.4 Å². The summed E-state index contributed by atoms with van der Waals surface area (Å²) in [7, 11) is 0. The molecule has 116 valence electrons. The molecule has 0 aliphatic heterocycles. The minimum Gasteiger partial charge on any atom is -0.382 e. The number of carbonyl (C=O) groups excluding carboxylic acids is 1. The molecular weight excluding hydrogens is 267 g/mol. The maximum Gasteiger partial charge on any atom is 0.251 e. The van der Waals surface area contributed by atoms with Crippen molar-refractivity contribution in [3.8, 4) is 0 Å². The molecule has 1 aromatic carbocycles. The van der Waals surface area contributed by atoms with Crippen molar-refractivity contribution < 1.29 is 9.18 Å². The highest BCUT2D eigenvalue weighted by atomic mass is 19.1. The van der Waals surface area contributed by atoms with Gasteiger partial charge in [0.15, 0.2) is 0 Å². The first-order chi connectivity index (χ1) is 9.95. The molecule has 0 heterocycles. The van der Waals surface area contributed by atoms with Crippen LogP contribution in [0.25, 0.3) is 0 Å². The summed E-state index contributed by atoms with van der Waals surface area (Å²) in [5.41, 5.74) is 5.92. The van der Waals surface area contributed by atoms with Crippen molar-refractivity contribution in [2.45, 2.75) is 52.0 Å². The first-order valence-corrected chi connectivity index (χ1v) is 7.81. The average molecular weight is 292 g/mol. The molecule has 3 N–H and O–H groups in total. The first-order valence-electron chi connectivity index (χ1n) is 7.81. The van der Waals surface area contributed by atoms with Gasteiger partial charge in [0.05, 0.1) is 5.56 Å². The van der Waals surface area contributed by atoms with Crippen LogP contribution in [0, 0.1) is 17.7 Å². The van der Waals surface area contributed by atoms with Gasteiger partial charge in [-0.1, -0.05) is 26.7 Å². The summed E-state index contributed by atoms with van der Waals surface area (Å²) in [5.74, 6) is 0.195. The molecule has 1 aliphatic rings. The lowest BCUT2D eigenvalue weighted by atomic mass is 9.81. The number of rotatable bonds is 5. The van der Waals surface area contributed by atoms with Crippen molar-refractivity contribution in [1.82, 2.24) is 0 Å². The predicted molar refractivity (Wildman–Crippen MR) is 83.7 cm³/mol. The van der Waals surface area contributed by atoms with Gasteiger partial charge < -0.3 is 11.1 Å². The van der Waals surface area contributed by atoms with Crippen LogP contribution >= 0.6 is 0 Å². The third-order valence-electron chi connectivity index (χ3n) is 4.19. The number of hydrogen-bond donors (Lipinski definition) is 2. The number of hydrogen-bond acceptors (Lipinski definition) is 2. The summed E-state index contributed by atoms with van der Waals surface area (Å²) < 4.78 is 13.5. The molecule has 1 fully saturated rings. The Hall–Kier alpha value is -1.58. The lowest BCUT2D eigenvalue weighted by Gasteiger charge is -2.31. The Morgan fingerprint density at radius 3 is 2.86 bits per heavy atom. The van der Waals surface area contributed by atoms with Gasteiger partial charge in [0.1, 0.15) is 5.82 Å². The van der Waals surface area contributed by atoms with Gasteiger partial charge in [0, 0.05) is 11.7 Å². The Balaban J connectivity index is 2.01. The third kappa shape index (κ3) is 4.45. The Labute approximate surface area is 126 Å². The second-order valence-electron chi connectivity index (χ2n) is 6.56. The van der Waals surface area contributed by atoms with Crippen LogP contribution in [0.3, 0.4) is 0 Å². The normalized spacial score (nSPS) is 22.3. The van der Waals surface area contributed by atoms with Crippen LogP contribution < -0.4 is 11.1 Å². The lowest BCUT2D eigenvalue weighted by molar-refractivity contribution is 0.0996. The molecule has 1 aliphatic carbocycles. The maximum absolute atomic E-state index is 13.5. The SMILES string of the molecule is CC(C)CC1CCCC(Nc2ccc(F)c(C(N)=O)c2)C1. The Kier molecular flexibility index (Phi) is 5.21. The summed E-state index contributed by atoms with van der Waals surface area (Å²) in [6.45, 7) is 4.52. The van der Waals surface area contributed by atoms with E-state index in [1.165, 1.54) is 31.4 Å². The summed E-state index contributed by atoms with van der Waals surface area (Å²) in [6.07, 6.45) is 6.04. The number of nitrogens with two attached hydrogens (primary N) is 1. The molecule has 2 atom stereocenters. The van der Waals surface area contributed by atoms with Gasteiger partial charge in [-0.15, -0.1) is 0 Å². The Bertz CT molecular complexity index is 502. The number of carbonyl (C=O) groups is 1. The molecule has 0 spiro atoms. The third-order valence-corrected chi connectivity index (χ3v) is 4.19. The summed E-state index contributed by atoms with van der Waals surface area (Å²) >= 11 is 0. The summed E-state index contributed by atoms with van der Waals surface area (Å²) in [5, 5.41) is 3.43. The van der Waals surface area contributed by atoms with Crippen LogP contribution in [0.2, 0.25) is 0 Å². The molecule has 0 bridgehead atoms. The van der Waals surface area contributed by atoms with E-state index in [4.69, 9.17) is 5.73 Å². The number of benzene rings is 1. The van der Waals surface area contributed by atoms with Gasteiger partial charge in [-0.05, 0) is 49.3 Å². The average Bonchev–Trinajstić information content (AvgIpc) is 2.40. The zero-order chi connectivity index (χ0) is 15.4. The number of nitrogens with one attached hydrogen (secondary N) is 1. The zero-order valence-electron chi connectivity index (χ0n) is 12.9. The van der Waals surface area contributed by atoms with E-state index >= 15 is 0 Å². The quantitative estimate of drug-likeness (QED) is 0.863. The topological polar surface area (TPSA) is 55.1 Å². The van der Waals surface area contributed by atoms with Crippen LogP contribution in [0.4, 0.5) is 10.1 Å². The molecule has 2 unspecified atom stereocenters. The largest absolute Gasteiger partial charge is 0.382 e. The second-order valence-corrected chi connectivity index (χ2v) is 6.56. The highest BCUT2D eigenvalue weighted by Gasteiger charge is 2.22. The van der Waals surface area contributed by atoms with Crippen molar-refractivity contribution in [3.63, 3.8) is 0 Å². The summed E-state index contributed by atoms with van der Waals surface area (Å²) in [6, 6.07) is 4.89. The molecule has 0 saturated heterocycles. The van der Waals surface area contributed by atoms with E-state index in [2.05, 4.69) is 19.2 Å². The van der Waals surface area contributed by atoms with Crippen LogP contribution in [-0.4, -0.2) is 11.9 Å². The Morgan fingerprint density at radius 2 is 2.19 bits per heavy atom. The molecular formula is C17H25FN2O. The van der Waals surface area contributed by atoms with Gasteiger partial charge in [-0.25, -0.2) is 4.39 Å². The van der Waals surface area contributed by atoms with E-state index in [1.54, 1.807) is 6.07 Å². The number of halogens is 1. The second kappa shape index (κ2) is 6.92. The number of amides is 1. The minimum atomic E-state index is -0.725. The molecule has 3 nitrogen and oxygen atoms in total. The molecule has 4 heteroatoms. The molecule has 0 radical (unpaired) electrons. The van der Waals surface area contributed by atoms with Gasteiger partial charge in [-0.3, -0.25) is 4.79 Å². The monoisotopic (exact) mass is 292 g/mol. The van der Waals surface area contributed by atoms with E-state index in [-0.39, 0.29) is 5.56 Å². The highest BCUT2D eigenvalue weighted by Crippen LogP contribution is 2.31. The Morgan fingerprint density at radius 1 is 1.43 bits per heavy atom. The van der Waals surface area contributed by atoms with Crippen LogP contribution in [0.5, 0.6) is 0 Å². The van der Waals surface area contributed by atoms with Crippen LogP contribution in [0.1, 0.15) is 56.3 Å². The van der Waals surface area contributed by atoms with Crippen LogP contribution in [0.15, 0.2) is 18.2 Å². The number of primary amides is 1. The molecule has 21 heavy (non-hydrogen) atoms. The van der Waals surface area contributed by atoms with E-state index in [9.17, 15) is 9.18 Å². The predicted octanol–water partition coefficient (Wildman–Crippen LogP) is 3.94. The molecule has 1 amide bonds. The van der Waals surface area contributed by atoms with E-state index in [0.29, 0.717) is 6.04 Å². The van der Waals surface area contributed by atoms with Crippen molar-refractivity contribution in [2.24, 2.45) is 17.6 Å². The van der Waals surface area contributed by atoms with Crippen molar-refractivity contribution in [1.29, 1.82) is 0 Å².